The van der Waals surface area contributed by atoms with Gasteiger partial charge in [-0.05, 0) is 119 Å². The number of guanidine groups is 1. The zero-order chi connectivity index (χ0) is 70.1. The van der Waals surface area contributed by atoms with Crippen molar-refractivity contribution < 1.29 is 62.3 Å². The van der Waals surface area contributed by atoms with E-state index in [1.54, 1.807) is 60.7 Å². The van der Waals surface area contributed by atoms with Crippen LogP contribution in [0.2, 0.25) is 0 Å². The van der Waals surface area contributed by atoms with Crippen LogP contribution in [0.3, 0.4) is 0 Å². The molecular weight excluding hydrogens is 1250 g/mol. The number of nitrogens with two attached hydrogens (primary N) is 7. The molecule has 4 rings (SSSR count). The molecule has 22 N–H and O–H groups in total. The number of primary amides is 3. The van der Waals surface area contributed by atoms with Gasteiger partial charge in [-0.25, -0.2) is 0 Å². The van der Waals surface area contributed by atoms with Gasteiger partial charge in [-0.1, -0.05) is 74.5 Å². The van der Waals surface area contributed by atoms with Gasteiger partial charge in [-0.3, -0.25) is 67.3 Å². The fourth-order valence-corrected chi connectivity index (χ4v) is 11.5. The molecular formula is C63H98N18O13S. The number of hydrogen-bond acceptors (Lipinski definition) is 17. The van der Waals surface area contributed by atoms with Gasteiger partial charge in [0.2, 0.25) is 76.8 Å². The Morgan fingerprint density at radius 3 is 1.51 bits per heavy atom. The summed E-state index contributed by atoms with van der Waals surface area (Å²) >= 11 is 1.45. The quantitative estimate of drug-likeness (QED) is 0.0173. The molecule has 2 heterocycles. The lowest BCUT2D eigenvalue weighted by atomic mass is 10.0. The highest BCUT2D eigenvalue weighted by Gasteiger charge is 2.42. The summed E-state index contributed by atoms with van der Waals surface area (Å²) in [6, 6.07) is 4.51. The van der Waals surface area contributed by atoms with Crippen LogP contribution in [0.15, 0.2) is 65.7 Å². The summed E-state index contributed by atoms with van der Waals surface area (Å²) in [5, 5.41) is 21.1. The van der Waals surface area contributed by atoms with Gasteiger partial charge < -0.3 is 92.5 Å². The average Bonchev–Trinajstić information content (AvgIpc) is 1.74. The monoisotopic (exact) mass is 1350 g/mol. The molecule has 524 valence electrons. The second-order valence-electron chi connectivity index (χ2n) is 24.1. The van der Waals surface area contributed by atoms with E-state index in [4.69, 9.17) is 40.1 Å². The van der Waals surface area contributed by atoms with Crippen molar-refractivity contribution in [1.82, 2.24) is 52.3 Å². The summed E-state index contributed by atoms with van der Waals surface area (Å²) in [5.41, 5.74) is 40.6. The van der Waals surface area contributed by atoms with Crippen molar-refractivity contribution in [2.75, 3.05) is 44.7 Å². The van der Waals surface area contributed by atoms with E-state index in [0.717, 1.165) is 0 Å². The number of nitrogens with zero attached hydrogens (tertiary/aromatic N) is 3. The lowest BCUT2D eigenvalue weighted by molar-refractivity contribution is -0.144. The molecule has 2 saturated heterocycles. The Morgan fingerprint density at radius 1 is 0.537 bits per heavy atom. The van der Waals surface area contributed by atoms with Crippen molar-refractivity contribution >= 4 is 94.5 Å². The minimum absolute atomic E-state index is 0.0736. The summed E-state index contributed by atoms with van der Waals surface area (Å²) in [4.78, 5) is 185. The van der Waals surface area contributed by atoms with Crippen LogP contribution in [0, 0.1) is 5.92 Å². The molecule has 13 amide bonds. The molecule has 2 aliphatic heterocycles. The van der Waals surface area contributed by atoms with Gasteiger partial charge in [-0.2, -0.15) is 11.8 Å². The molecule has 2 aromatic carbocycles. The predicted octanol–water partition coefficient (Wildman–Crippen LogP) is -3.71. The molecule has 2 aromatic rings. The lowest BCUT2D eigenvalue weighted by Crippen LogP contribution is -2.60. The molecule has 95 heavy (non-hydrogen) atoms. The molecule has 0 saturated carbocycles. The van der Waals surface area contributed by atoms with Crippen molar-refractivity contribution in [3.8, 4) is 0 Å². The van der Waals surface area contributed by atoms with Crippen molar-refractivity contribution in [3.63, 3.8) is 0 Å². The largest absolute Gasteiger partial charge is 0.370 e. The van der Waals surface area contributed by atoms with Crippen LogP contribution in [-0.4, -0.2) is 198 Å². The van der Waals surface area contributed by atoms with E-state index >= 15 is 0 Å². The molecule has 0 aromatic heterocycles. The third-order valence-electron chi connectivity index (χ3n) is 16.0. The van der Waals surface area contributed by atoms with Gasteiger partial charge in [0.15, 0.2) is 5.96 Å². The number of hydrogen-bond donors (Lipinski definition) is 15. The van der Waals surface area contributed by atoms with Crippen molar-refractivity contribution in [2.24, 2.45) is 51.0 Å². The Morgan fingerprint density at radius 2 is 1.01 bits per heavy atom. The van der Waals surface area contributed by atoms with Gasteiger partial charge in [-0.15, -0.1) is 0 Å². The Balaban J connectivity index is 1.56. The summed E-state index contributed by atoms with van der Waals surface area (Å²) in [6.45, 7) is 3.86. The van der Waals surface area contributed by atoms with E-state index in [1.165, 1.54) is 21.6 Å². The number of rotatable bonds is 42. The normalized spacial score (nSPS) is 16.8. The van der Waals surface area contributed by atoms with Gasteiger partial charge >= 0.3 is 0 Å². The minimum atomic E-state index is -1.64. The number of carbonyl (C=O) groups is 13. The number of carbonyl (C=O) groups excluding carboxylic acids is 13. The molecule has 0 spiro atoms. The van der Waals surface area contributed by atoms with E-state index in [2.05, 4.69) is 47.5 Å². The highest BCUT2D eigenvalue weighted by molar-refractivity contribution is 7.98. The number of likely N-dealkylation sites (tertiary alicyclic amines) is 2. The fraction of sp³-hybridized carbons (Fsp3) is 0.587. The molecule has 10 atom stereocenters. The first-order valence-electron chi connectivity index (χ1n) is 32.2. The predicted molar refractivity (Wildman–Crippen MR) is 356 cm³/mol. The summed E-state index contributed by atoms with van der Waals surface area (Å²) in [5.74, 6) is -9.80. The van der Waals surface area contributed by atoms with E-state index in [1.807, 2.05) is 20.1 Å². The molecule has 31 nitrogen and oxygen atoms in total. The van der Waals surface area contributed by atoms with Crippen LogP contribution in [-0.2, 0) is 75.2 Å². The van der Waals surface area contributed by atoms with Crippen LogP contribution in [0.5, 0.6) is 0 Å². The van der Waals surface area contributed by atoms with Gasteiger partial charge in [0.05, 0.1) is 12.6 Å². The Kier molecular flexibility index (Phi) is 33.9. The second kappa shape index (κ2) is 41.0. The van der Waals surface area contributed by atoms with Crippen LogP contribution in [0.1, 0.15) is 121 Å². The molecule has 0 unspecified atom stereocenters. The fourth-order valence-electron chi connectivity index (χ4n) is 11.0. The highest BCUT2D eigenvalue weighted by atomic mass is 32.2. The van der Waals surface area contributed by atoms with Crippen molar-refractivity contribution in [2.45, 2.75) is 183 Å². The third-order valence-corrected chi connectivity index (χ3v) is 16.7. The molecule has 0 aliphatic carbocycles. The maximum Gasteiger partial charge on any atom is 0.245 e. The molecule has 2 aliphatic rings. The van der Waals surface area contributed by atoms with Gasteiger partial charge in [0, 0.05) is 45.3 Å². The van der Waals surface area contributed by atoms with Crippen molar-refractivity contribution in [3.05, 3.63) is 71.8 Å². The maximum atomic E-state index is 14.7. The zero-order valence-corrected chi connectivity index (χ0v) is 55.3. The number of thioether (sulfide) groups is 1. The van der Waals surface area contributed by atoms with E-state index < -0.39 is 169 Å². The summed E-state index contributed by atoms with van der Waals surface area (Å²) in [7, 11) is 0. The topological polar surface area (TPSA) is 519 Å². The number of benzene rings is 2. The minimum Gasteiger partial charge on any atom is -0.370 e. The maximum absolute atomic E-state index is 14.7. The van der Waals surface area contributed by atoms with E-state index in [9.17, 15) is 62.3 Å². The second-order valence-corrected chi connectivity index (χ2v) is 25.1. The van der Waals surface area contributed by atoms with Gasteiger partial charge in [0.25, 0.3) is 0 Å². The van der Waals surface area contributed by atoms with Crippen LogP contribution < -0.4 is 82.7 Å². The van der Waals surface area contributed by atoms with Crippen LogP contribution in [0.4, 0.5) is 0 Å². The average molecular weight is 1350 g/mol. The SMILES string of the molecule is CSCC[C@H](NC(=O)[C@@H](CC(C)C)NC(=O)CNC(=O)[C@H](Cc1ccccc1)NC(=O)[C@H](Cc1ccccc1)NC(=O)[C@H](CCC(N)=O)NC(=O)[C@@H](CCC(N)=O)NC(=O)[C@@H]1CCCN1C(=O)[C@@H](CCCCN)NC(=O)[C@@H]1CCCN1C(=O)[C@@H](N)CCCN=C(N)N)C(N)=O. The van der Waals surface area contributed by atoms with E-state index in [0.29, 0.717) is 55.4 Å². The number of amides is 13. The van der Waals surface area contributed by atoms with Gasteiger partial charge in [0.1, 0.15) is 54.4 Å². The highest BCUT2D eigenvalue weighted by Crippen LogP contribution is 2.24. The van der Waals surface area contributed by atoms with E-state index in [-0.39, 0.29) is 83.0 Å². The van der Waals surface area contributed by atoms with Crippen LogP contribution in [0.25, 0.3) is 0 Å². The molecule has 32 heteroatoms. The summed E-state index contributed by atoms with van der Waals surface area (Å²) < 4.78 is 0. The van der Waals surface area contributed by atoms with Crippen LogP contribution >= 0.6 is 11.8 Å². The third kappa shape index (κ3) is 27.5. The zero-order valence-electron chi connectivity index (χ0n) is 54.5. The smallest absolute Gasteiger partial charge is 0.245 e. The Bertz CT molecular complexity index is 2960. The molecule has 0 radical (unpaired) electrons. The Labute approximate surface area is 558 Å². The molecule has 0 bridgehead atoms. The number of aliphatic imine (C=N–C) groups is 1. The first-order chi connectivity index (χ1) is 45.2. The first kappa shape index (κ1) is 78.5. The number of unbranched alkanes of at least 4 members (excludes halogenated alkanes) is 1. The summed E-state index contributed by atoms with van der Waals surface area (Å²) in [6.07, 6.45) is 3.12. The van der Waals surface area contributed by atoms with Crippen molar-refractivity contribution in [1.29, 1.82) is 0 Å². The molecule has 2 fully saturated rings. The lowest BCUT2D eigenvalue weighted by Gasteiger charge is -2.32. The first-order valence-corrected chi connectivity index (χ1v) is 33.6. The standard InChI is InChI=1S/C63H98N18O13S/c1-37(2)33-45(57(89)74-41(53(68)85)27-32-95-3)73-52(84)36-72-54(86)46(34-38-15-6-4-7-16-38)78-58(90)47(35-39-17-8-5-9-18-39)79-56(88)42(23-25-50(66)82)75-55(87)43(24-26-51(67)83)76-59(91)49-22-14-31-81(49)62(94)44(20-10-11-28-64)77-60(92)48-21-13-30-80(48)61(93)40(65)19-12-29-71-63(69)70/h4-9,15-18,37,40-49H,10-14,19-36,64-65H2,1-3H3,(H2,66,82)(H2,67,83)(H2,68,85)(H,72,86)(H,73,84)(H,74,89)(H,75,87)(H,76,91)(H,77,92)(H,78,90)(H,79,88)(H4,69,70,71)/t40-,41-,42-,43+,44+,45+,46-,47-,48-,49-/m0/s1. The number of nitrogens with one attached hydrogen (secondary N) is 8. The Hall–Kier alpha value is -8.91.